The van der Waals surface area contributed by atoms with Crippen LogP contribution in [0, 0.1) is 29.1 Å². The molecule has 1 heterocycles. The third kappa shape index (κ3) is 2.30. The van der Waals surface area contributed by atoms with E-state index in [0.717, 1.165) is 0 Å². The van der Waals surface area contributed by atoms with Crippen molar-refractivity contribution in [2.24, 2.45) is 10.2 Å². The quantitative estimate of drug-likeness (QED) is 0.296. The van der Waals surface area contributed by atoms with Gasteiger partial charge in [-0.2, -0.15) is 0 Å². The van der Waals surface area contributed by atoms with Crippen molar-refractivity contribution >= 4 is 22.3 Å². The summed E-state index contributed by atoms with van der Waals surface area (Å²) in [5.74, 6) is -11.2. The number of aromatic hydroxyl groups is 1. The van der Waals surface area contributed by atoms with Crippen molar-refractivity contribution in [2.75, 3.05) is 0 Å². The van der Waals surface area contributed by atoms with E-state index in [1.54, 1.807) is 18.2 Å². The number of aromatic nitrogens is 1. The van der Waals surface area contributed by atoms with Crippen molar-refractivity contribution in [1.29, 1.82) is 0 Å². The summed E-state index contributed by atoms with van der Waals surface area (Å²) in [4.78, 5) is 2.53. The number of halogens is 5. The van der Waals surface area contributed by atoms with Gasteiger partial charge < -0.3 is 10.1 Å². The highest BCUT2D eigenvalue weighted by Gasteiger charge is 2.26. The zero-order valence-corrected chi connectivity index (χ0v) is 11.0. The van der Waals surface area contributed by atoms with E-state index in [2.05, 4.69) is 15.2 Å². The molecule has 4 nitrogen and oxygen atoms in total. The highest BCUT2D eigenvalue weighted by Crippen LogP contribution is 2.37. The van der Waals surface area contributed by atoms with E-state index >= 15 is 0 Å². The number of azo groups is 1. The van der Waals surface area contributed by atoms with Crippen LogP contribution in [0.4, 0.5) is 33.3 Å². The van der Waals surface area contributed by atoms with Crippen molar-refractivity contribution < 1.29 is 27.1 Å². The van der Waals surface area contributed by atoms with E-state index < -0.39 is 40.7 Å². The van der Waals surface area contributed by atoms with Gasteiger partial charge in [0.25, 0.3) is 0 Å². The number of fused-ring (bicyclic) bond motifs is 1. The van der Waals surface area contributed by atoms with Crippen LogP contribution in [0.2, 0.25) is 0 Å². The number of aromatic amines is 1. The SMILES string of the molecule is Oc1[nH]c2ccccc2c1N=Nc1c(F)c(F)c(F)c(F)c1F. The normalized spacial score (nSPS) is 11.7. The minimum absolute atomic E-state index is 0.190. The van der Waals surface area contributed by atoms with Crippen LogP contribution in [-0.2, 0) is 0 Å². The van der Waals surface area contributed by atoms with Crippen molar-refractivity contribution in [3.63, 3.8) is 0 Å². The lowest BCUT2D eigenvalue weighted by Gasteiger charge is -2.02. The number of rotatable bonds is 2. The molecule has 3 aromatic rings. The molecule has 0 spiro atoms. The summed E-state index contributed by atoms with van der Waals surface area (Å²) in [6, 6.07) is 6.38. The third-order valence-corrected chi connectivity index (χ3v) is 3.10. The van der Waals surface area contributed by atoms with Gasteiger partial charge in [-0.05, 0) is 6.07 Å². The number of H-pyrrole nitrogens is 1. The smallest absolute Gasteiger partial charge is 0.218 e. The molecule has 0 saturated carbocycles. The highest BCUT2D eigenvalue weighted by molar-refractivity contribution is 5.94. The van der Waals surface area contributed by atoms with Gasteiger partial charge in [0.05, 0.1) is 5.52 Å². The summed E-state index contributed by atoms with van der Waals surface area (Å²) in [5, 5.41) is 16.5. The van der Waals surface area contributed by atoms with Gasteiger partial charge in [-0.3, -0.25) is 0 Å². The largest absolute Gasteiger partial charge is 0.493 e. The molecule has 118 valence electrons. The molecular weight excluding hydrogens is 321 g/mol. The minimum atomic E-state index is -2.28. The van der Waals surface area contributed by atoms with Gasteiger partial charge in [0.1, 0.15) is 0 Å². The zero-order chi connectivity index (χ0) is 16.7. The summed E-state index contributed by atoms with van der Waals surface area (Å²) in [6.07, 6.45) is 0. The average molecular weight is 327 g/mol. The number of para-hydroxylation sites is 1. The molecule has 0 radical (unpaired) electrons. The molecule has 3 rings (SSSR count). The maximum absolute atomic E-state index is 13.5. The molecule has 1 aromatic heterocycles. The van der Waals surface area contributed by atoms with Crippen molar-refractivity contribution in [2.45, 2.75) is 0 Å². The fourth-order valence-corrected chi connectivity index (χ4v) is 2.00. The predicted molar refractivity (Wildman–Crippen MR) is 70.4 cm³/mol. The monoisotopic (exact) mass is 327 g/mol. The van der Waals surface area contributed by atoms with Crippen LogP contribution >= 0.6 is 0 Å². The van der Waals surface area contributed by atoms with E-state index in [1.165, 1.54) is 6.07 Å². The summed E-state index contributed by atoms with van der Waals surface area (Å²) in [5.41, 5.74) is -1.17. The van der Waals surface area contributed by atoms with Crippen LogP contribution in [-0.4, -0.2) is 10.1 Å². The van der Waals surface area contributed by atoms with Gasteiger partial charge in [-0.25, -0.2) is 22.0 Å². The number of nitrogens with one attached hydrogen (secondary N) is 1. The second kappa shape index (κ2) is 5.34. The number of nitrogens with zero attached hydrogens (tertiary/aromatic N) is 2. The van der Waals surface area contributed by atoms with E-state index in [1.807, 2.05) is 0 Å². The minimum Gasteiger partial charge on any atom is -0.493 e. The summed E-state index contributed by atoms with van der Waals surface area (Å²) in [7, 11) is 0. The molecule has 0 bridgehead atoms. The van der Waals surface area contributed by atoms with Gasteiger partial charge in [0.2, 0.25) is 11.7 Å². The Morgan fingerprint density at radius 1 is 0.739 bits per heavy atom. The van der Waals surface area contributed by atoms with E-state index in [0.29, 0.717) is 10.9 Å². The zero-order valence-electron chi connectivity index (χ0n) is 11.0. The topological polar surface area (TPSA) is 60.7 Å². The summed E-state index contributed by atoms with van der Waals surface area (Å²) < 4.78 is 66.1. The first kappa shape index (κ1) is 14.9. The third-order valence-electron chi connectivity index (χ3n) is 3.10. The van der Waals surface area contributed by atoms with Crippen molar-refractivity contribution in [3.8, 4) is 5.88 Å². The van der Waals surface area contributed by atoms with Crippen LogP contribution in [0.1, 0.15) is 0 Å². The Morgan fingerprint density at radius 3 is 1.91 bits per heavy atom. The first-order chi connectivity index (χ1) is 10.9. The average Bonchev–Trinajstić information content (AvgIpc) is 2.87. The molecule has 0 saturated heterocycles. The Bertz CT molecular complexity index is 922. The van der Waals surface area contributed by atoms with Crippen molar-refractivity contribution in [1.82, 2.24) is 4.98 Å². The van der Waals surface area contributed by atoms with Crippen molar-refractivity contribution in [3.05, 3.63) is 53.4 Å². The molecule has 9 heteroatoms. The van der Waals surface area contributed by atoms with Crippen LogP contribution in [0.15, 0.2) is 34.5 Å². The molecule has 0 unspecified atom stereocenters. The van der Waals surface area contributed by atoms with Gasteiger partial charge >= 0.3 is 0 Å². The summed E-state index contributed by atoms with van der Waals surface area (Å²) in [6.45, 7) is 0. The molecule has 0 aliphatic carbocycles. The van der Waals surface area contributed by atoms with Gasteiger partial charge in [-0.15, -0.1) is 10.2 Å². The molecule has 0 aliphatic rings. The lowest BCUT2D eigenvalue weighted by atomic mass is 10.2. The molecular formula is C14H6F5N3O. The Labute approximate surface area is 124 Å². The lowest BCUT2D eigenvalue weighted by molar-refractivity contribution is 0.380. The van der Waals surface area contributed by atoms with Crippen LogP contribution in [0.3, 0.4) is 0 Å². The molecule has 0 atom stereocenters. The Hall–Kier alpha value is -2.97. The first-order valence-corrected chi connectivity index (χ1v) is 6.14. The molecule has 23 heavy (non-hydrogen) atoms. The van der Waals surface area contributed by atoms with E-state index in [-0.39, 0.29) is 5.69 Å². The maximum Gasteiger partial charge on any atom is 0.218 e. The fraction of sp³-hybridized carbons (Fsp3) is 0. The van der Waals surface area contributed by atoms with Crippen LogP contribution in [0.25, 0.3) is 10.9 Å². The molecule has 2 N–H and O–H groups in total. The highest BCUT2D eigenvalue weighted by atomic mass is 19.2. The van der Waals surface area contributed by atoms with E-state index in [4.69, 9.17) is 0 Å². The second-order valence-corrected chi connectivity index (χ2v) is 4.49. The number of hydrogen-bond acceptors (Lipinski definition) is 3. The first-order valence-electron chi connectivity index (χ1n) is 6.14. The summed E-state index contributed by atoms with van der Waals surface area (Å²) >= 11 is 0. The second-order valence-electron chi connectivity index (χ2n) is 4.49. The number of hydrogen-bond donors (Lipinski definition) is 2. The Balaban J connectivity index is 2.15. The molecule has 0 amide bonds. The molecule has 2 aromatic carbocycles. The standard InChI is InChI=1S/C14H6F5N3O/c15-7-8(16)10(18)13(11(19)9(7)17)22-21-12-5-3-1-2-4-6(5)20-14(12)23/h1-4,20,23H. The van der Waals surface area contributed by atoms with Crippen LogP contribution in [0.5, 0.6) is 5.88 Å². The van der Waals surface area contributed by atoms with Gasteiger partial charge in [-0.1, -0.05) is 18.2 Å². The van der Waals surface area contributed by atoms with Crippen LogP contribution < -0.4 is 0 Å². The van der Waals surface area contributed by atoms with Gasteiger partial charge in [0, 0.05) is 5.39 Å². The van der Waals surface area contributed by atoms with E-state index in [9.17, 15) is 27.1 Å². The Kier molecular flexibility index (Phi) is 3.47. The predicted octanol–water partition coefficient (Wildman–Crippen LogP) is 4.98. The molecule has 0 fully saturated rings. The lowest BCUT2D eigenvalue weighted by Crippen LogP contribution is -2.00. The maximum atomic E-state index is 13.5. The Morgan fingerprint density at radius 2 is 1.26 bits per heavy atom. The number of benzene rings is 2. The fourth-order valence-electron chi connectivity index (χ4n) is 2.00. The van der Waals surface area contributed by atoms with Gasteiger partial charge in [0.15, 0.2) is 34.6 Å². The molecule has 0 aliphatic heterocycles.